The Labute approximate surface area is 327 Å². The number of carbonyl (C=O) groups is 2. The number of hydrogen-bond acceptors (Lipinski definition) is 7. The lowest BCUT2D eigenvalue weighted by Gasteiger charge is -2.22. The van der Waals surface area contributed by atoms with Crippen molar-refractivity contribution in [3.63, 3.8) is 0 Å². The number of nitrogens with zero attached hydrogens (tertiary/aromatic N) is 3. The first-order valence-corrected chi connectivity index (χ1v) is 17.2. The molecule has 11 heteroatoms. The van der Waals surface area contributed by atoms with E-state index in [0.717, 1.165) is 33.5 Å². The number of nitrogens with two attached hydrogens (primary N) is 1. The number of imidazole rings is 2. The molecule has 6 rings (SSSR count). The van der Waals surface area contributed by atoms with Crippen LogP contribution < -0.4 is 11.1 Å². The third-order valence-corrected chi connectivity index (χ3v) is 7.17. The fourth-order valence-electron chi connectivity index (χ4n) is 4.80. The summed E-state index contributed by atoms with van der Waals surface area (Å²) in [5, 5.41) is 2.54. The van der Waals surface area contributed by atoms with E-state index in [0.29, 0.717) is 17.2 Å². The number of hydrogen-bond donors (Lipinski definition) is 3. The second-order valence-electron chi connectivity index (χ2n) is 14.0. The van der Waals surface area contributed by atoms with Gasteiger partial charge in [-0.15, -0.1) is 12.4 Å². The van der Waals surface area contributed by atoms with E-state index in [4.69, 9.17) is 15.2 Å². The smallest absolute Gasteiger partial charge is 0.421 e. The molecule has 10 nitrogen and oxygen atoms in total. The molecule has 0 unspecified atom stereocenters. The molecule has 0 aliphatic carbocycles. The number of amides is 1. The van der Waals surface area contributed by atoms with Crippen molar-refractivity contribution in [1.29, 1.82) is 0 Å². The number of carbonyl (C=O) groups excluding carboxylic acids is 2. The molecular formula is C44H43ClN6O4. The average Bonchev–Trinajstić information content (AvgIpc) is 3.76. The van der Waals surface area contributed by atoms with E-state index in [1.165, 1.54) is 10.8 Å². The molecule has 0 bridgehead atoms. The van der Waals surface area contributed by atoms with E-state index in [2.05, 4.69) is 44.0 Å². The number of H-pyrrole nitrogens is 1. The van der Waals surface area contributed by atoms with Gasteiger partial charge in [-0.1, -0.05) is 84.3 Å². The van der Waals surface area contributed by atoms with Crippen molar-refractivity contribution in [3.05, 3.63) is 144 Å². The van der Waals surface area contributed by atoms with Gasteiger partial charge in [-0.3, -0.25) is 5.32 Å². The van der Waals surface area contributed by atoms with Gasteiger partial charge < -0.3 is 20.2 Å². The maximum absolute atomic E-state index is 13.0. The third kappa shape index (κ3) is 12.7. The Kier molecular flexibility index (Phi) is 13.7. The summed E-state index contributed by atoms with van der Waals surface area (Å²) in [6, 6.07) is 35.0. The molecule has 4 aromatic carbocycles. The highest BCUT2D eigenvalue weighted by Gasteiger charge is 2.26. The number of aromatic amines is 1. The quantitative estimate of drug-likeness (QED) is 0.153. The van der Waals surface area contributed by atoms with Crippen LogP contribution >= 0.6 is 12.4 Å². The van der Waals surface area contributed by atoms with Gasteiger partial charge in [0, 0.05) is 27.8 Å². The molecule has 0 fully saturated rings. The maximum atomic E-state index is 13.0. The van der Waals surface area contributed by atoms with Crippen LogP contribution in [-0.4, -0.2) is 42.9 Å². The van der Waals surface area contributed by atoms with E-state index in [9.17, 15) is 9.59 Å². The minimum atomic E-state index is -0.737. The van der Waals surface area contributed by atoms with E-state index in [-0.39, 0.29) is 18.4 Å². The van der Waals surface area contributed by atoms with Gasteiger partial charge in [0.25, 0.3) is 0 Å². The van der Waals surface area contributed by atoms with Crippen LogP contribution in [-0.2, 0) is 9.47 Å². The first kappa shape index (κ1) is 41.0. The van der Waals surface area contributed by atoms with Crippen LogP contribution in [0.2, 0.25) is 0 Å². The predicted molar refractivity (Wildman–Crippen MR) is 220 cm³/mol. The average molecular weight is 755 g/mol. The summed E-state index contributed by atoms with van der Waals surface area (Å²) < 4.78 is 12.1. The number of halogens is 1. The zero-order chi connectivity index (χ0) is 38.7. The minimum Gasteiger partial charge on any atom is -0.444 e. The molecule has 2 aromatic heterocycles. The normalized spacial score (nSPS) is 10.5. The zero-order valence-electron chi connectivity index (χ0n) is 31.5. The molecule has 4 N–H and O–H groups in total. The number of ether oxygens (including phenoxy) is 2. The van der Waals surface area contributed by atoms with Crippen molar-refractivity contribution in [2.45, 2.75) is 52.7 Å². The van der Waals surface area contributed by atoms with E-state index >= 15 is 0 Å². The Hall–Kier alpha value is -6.75. The van der Waals surface area contributed by atoms with Crippen LogP contribution in [0.3, 0.4) is 0 Å². The Bertz CT molecular complexity index is 2320. The van der Waals surface area contributed by atoms with Crippen LogP contribution in [0.5, 0.6) is 0 Å². The molecule has 6 aromatic rings. The molecule has 0 atom stereocenters. The largest absolute Gasteiger partial charge is 0.444 e. The number of rotatable bonds is 3. The molecular weight excluding hydrogens is 712 g/mol. The van der Waals surface area contributed by atoms with Gasteiger partial charge in [-0.25, -0.2) is 24.1 Å². The number of benzene rings is 4. The number of aromatic nitrogens is 4. The van der Waals surface area contributed by atoms with Gasteiger partial charge in [0.05, 0.1) is 23.8 Å². The van der Waals surface area contributed by atoms with E-state index in [1.807, 2.05) is 109 Å². The highest BCUT2D eigenvalue weighted by molar-refractivity contribution is 5.89. The summed E-state index contributed by atoms with van der Waals surface area (Å²) in [7, 11) is 0. The van der Waals surface area contributed by atoms with Crippen LogP contribution in [0.1, 0.15) is 63.8 Å². The van der Waals surface area contributed by atoms with Crippen LogP contribution in [0.25, 0.3) is 22.5 Å². The molecule has 280 valence electrons. The van der Waals surface area contributed by atoms with Gasteiger partial charge in [0.1, 0.15) is 11.2 Å². The third-order valence-electron chi connectivity index (χ3n) is 7.17. The van der Waals surface area contributed by atoms with Crippen LogP contribution in [0.15, 0.2) is 122 Å². The lowest BCUT2D eigenvalue weighted by molar-refractivity contribution is 0.0542. The van der Waals surface area contributed by atoms with Crippen molar-refractivity contribution in [1.82, 2.24) is 19.5 Å². The second-order valence-corrected chi connectivity index (χ2v) is 14.0. The molecule has 0 spiro atoms. The Balaban J connectivity index is 0.000000272. The Morgan fingerprint density at radius 2 is 1.09 bits per heavy atom. The van der Waals surface area contributed by atoms with Crippen LogP contribution in [0, 0.1) is 23.7 Å². The molecule has 0 aliphatic rings. The molecule has 0 saturated carbocycles. The number of anilines is 2. The van der Waals surface area contributed by atoms with Crippen molar-refractivity contribution >= 4 is 36.5 Å². The molecule has 0 saturated heterocycles. The lowest BCUT2D eigenvalue weighted by atomic mass is 10.1. The van der Waals surface area contributed by atoms with Gasteiger partial charge in [0.15, 0.2) is 5.95 Å². The summed E-state index contributed by atoms with van der Waals surface area (Å²) in [5.74, 6) is 12.9. The van der Waals surface area contributed by atoms with Gasteiger partial charge in [-0.2, -0.15) is 0 Å². The molecule has 0 aliphatic heterocycles. The summed E-state index contributed by atoms with van der Waals surface area (Å²) >= 11 is 0. The SMILES string of the molecule is CC(C)(C)OC(=O)Nc1ncc(-c2ccc(C#Cc3ccccc3)cc2)n1C(=O)OC(C)(C)C.Cl.Nc1ncc(-c2ccc(C#Cc3ccccc3)cc2)[nH]1. The van der Waals surface area contributed by atoms with Crippen molar-refractivity contribution in [2.75, 3.05) is 11.1 Å². The number of nitrogen functional groups attached to an aromatic ring is 1. The van der Waals surface area contributed by atoms with Crippen LogP contribution in [0.4, 0.5) is 21.5 Å². The minimum absolute atomic E-state index is 0. The first-order chi connectivity index (χ1) is 25.7. The summed E-state index contributed by atoms with van der Waals surface area (Å²) in [6.07, 6.45) is 1.83. The fraction of sp³-hybridized carbons (Fsp3) is 0.182. The Morgan fingerprint density at radius 3 is 1.53 bits per heavy atom. The van der Waals surface area contributed by atoms with Gasteiger partial charge in [-0.05, 0) is 95.6 Å². The Morgan fingerprint density at radius 1 is 0.636 bits per heavy atom. The lowest BCUT2D eigenvalue weighted by Crippen LogP contribution is -2.31. The summed E-state index contributed by atoms with van der Waals surface area (Å²) in [4.78, 5) is 36.5. The molecule has 0 radical (unpaired) electrons. The van der Waals surface area contributed by atoms with Gasteiger partial charge in [0.2, 0.25) is 5.95 Å². The standard InChI is InChI=1S/C27H29N3O4.C17H13N3.ClH/c1-26(2,3)33-24(31)29-23-28-18-22(30(23)25(32)34-27(4,5)6)21-16-14-20(15-17-21)13-12-19-10-8-7-9-11-19;18-17-19-12-16(20-17)15-10-8-14(9-11-15)7-6-13-4-2-1-3-5-13;/h7-11,14-18H,1-6H3,(H,28,29,31);1-5,8-12H,(H3,18,19,20);1H. The summed E-state index contributed by atoms with van der Waals surface area (Å²) in [5.41, 5.74) is 11.0. The predicted octanol–water partition coefficient (Wildman–Crippen LogP) is 9.56. The molecule has 55 heavy (non-hydrogen) atoms. The molecule has 1 amide bonds. The van der Waals surface area contributed by atoms with Gasteiger partial charge >= 0.3 is 12.2 Å². The topological polar surface area (TPSA) is 137 Å². The monoisotopic (exact) mass is 754 g/mol. The highest BCUT2D eigenvalue weighted by atomic mass is 35.5. The van der Waals surface area contributed by atoms with E-state index in [1.54, 1.807) is 47.7 Å². The number of nitrogens with one attached hydrogen (secondary N) is 2. The maximum Gasteiger partial charge on any atom is 0.421 e. The van der Waals surface area contributed by atoms with Crippen molar-refractivity contribution in [2.24, 2.45) is 0 Å². The fourth-order valence-corrected chi connectivity index (χ4v) is 4.80. The first-order valence-electron chi connectivity index (χ1n) is 17.2. The summed E-state index contributed by atoms with van der Waals surface area (Å²) in [6.45, 7) is 10.6. The van der Waals surface area contributed by atoms with E-state index < -0.39 is 23.4 Å². The highest BCUT2D eigenvalue weighted by Crippen LogP contribution is 2.26. The zero-order valence-corrected chi connectivity index (χ0v) is 32.3. The molecule has 2 heterocycles. The second kappa shape index (κ2) is 18.3. The van der Waals surface area contributed by atoms with Crippen molar-refractivity contribution in [3.8, 4) is 46.2 Å². The van der Waals surface area contributed by atoms with Crippen molar-refractivity contribution < 1.29 is 19.1 Å².